The Labute approximate surface area is 160 Å². The van der Waals surface area contributed by atoms with Crippen LogP contribution in [0, 0.1) is 25.2 Å². The fraction of sp³-hybridized carbons (Fsp3) is 0.143. The number of rotatable bonds is 5. The molecule has 0 radical (unpaired) electrons. The molecule has 0 unspecified atom stereocenters. The van der Waals surface area contributed by atoms with Gasteiger partial charge < -0.3 is 9.15 Å². The lowest BCUT2D eigenvalue weighted by molar-refractivity contribution is 0.306. The van der Waals surface area contributed by atoms with Crippen LogP contribution in [0.2, 0.25) is 0 Å². The summed E-state index contributed by atoms with van der Waals surface area (Å²) in [5.41, 5.74) is 3.31. The maximum Gasteiger partial charge on any atom is 0.237 e. The number of halogens is 1. The van der Waals surface area contributed by atoms with Crippen molar-refractivity contribution in [3.8, 4) is 11.8 Å². The van der Waals surface area contributed by atoms with Crippen LogP contribution in [-0.2, 0) is 6.61 Å². The first kappa shape index (κ1) is 18.0. The molecule has 0 aliphatic heterocycles. The number of ether oxygens (including phenoxy) is 1. The Morgan fingerprint density at radius 1 is 1.12 bits per heavy atom. The third-order valence-electron chi connectivity index (χ3n) is 4.01. The Bertz CT molecular complexity index is 965. The zero-order chi connectivity index (χ0) is 18.5. The molecule has 130 valence electrons. The molecule has 0 saturated carbocycles. The molecule has 1 heterocycles. The number of aliphatic imine (C=N–C) groups is 1. The van der Waals surface area contributed by atoms with E-state index in [1.165, 1.54) is 0 Å². The number of hydrogen-bond acceptors (Lipinski definition) is 4. The first-order chi connectivity index (χ1) is 12.6. The number of nitrogens with zero attached hydrogens (tertiary/aromatic N) is 2. The zero-order valence-corrected chi connectivity index (χ0v) is 16.1. The average Bonchev–Trinajstić information content (AvgIpc) is 2.93. The van der Waals surface area contributed by atoms with Gasteiger partial charge in [0.2, 0.25) is 5.88 Å². The van der Waals surface area contributed by atoms with Gasteiger partial charge in [-0.25, -0.2) is 4.99 Å². The van der Waals surface area contributed by atoms with Crippen LogP contribution >= 0.6 is 15.9 Å². The van der Waals surface area contributed by atoms with Gasteiger partial charge in [0.15, 0.2) is 0 Å². The van der Waals surface area contributed by atoms with E-state index in [1.54, 1.807) is 6.21 Å². The highest BCUT2D eigenvalue weighted by Crippen LogP contribution is 2.27. The summed E-state index contributed by atoms with van der Waals surface area (Å²) in [6.07, 6.45) is 1.68. The highest BCUT2D eigenvalue weighted by atomic mass is 79.9. The summed E-state index contributed by atoms with van der Waals surface area (Å²) in [6, 6.07) is 17.8. The highest BCUT2D eigenvalue weighted by molar-refractivity contribution is 9.10. The van der Waals surface area contributed by atoms with Gasteiger partial charge in [0.25, 0.3) is 0 Å². The van der Waals surface area contributed by atoms with Crippen LogP contribution in [-0.4, -0.2) is 6.21 Å². The number of benzene rings is 2. The number of furan rings is 1. The van der Waals surface area contributed by atoms with Crippen molar-refractivity contribution in [1.29, 1.82) is 5.26 Å². The van der Waals surface area contributed by atoms with Gasteiger partial charge in [-0.15, -0.1) is 0 Å². The Balaban J connectivity index is 1.65. The van der Waals surface area contributed by atoms with Gasteiger partial charge in [-0.05, 0) is 61.4 Å². The summed E-state index contributed by atoms with van der Waals surface area (Å²) in [5, 5.41) is 9.21. The fourth-order valence-electron chi connectivity index (χ4n) is 2.36. The van der Waals surface area contributed by atoms with Crippen LogP contribution in [0.3, 0.4) is 0 Å². The van der Waals surface area contributed by atoms with Crippen molar-refractivity contribution in [2.45, 2.75) is 20.5 Å². The molecule has 0 aliphatic rings. The molecule has 0 bridgehead atoms. The van der Waals surface area contributed by atoms with Crippen LogP contribution < -0.4 is 4.74 Å². The van der Waals surface area contributed by atoms with Gasteiger partial charge in [-0.2, -0.15) is 5.26 Å². The van der Waals surface area contributed by atoms with E-state index in [0.717, 1.165) is 26.9 Å². The maximum absolute atomic E-state index is 9.21. The smallest absolute Gasteiger partial charge is 0.237 e. The van der Waals surface area contributed by atoms with Gasteiger partial charge in [0.1, 0.15) is 29.7 Å². The molecular weight excluding hydrogens is 392 g/mol. The fourth-order valence-corrected chi connectivity index (χ4v) is 2.63. The molecule has 3 rings (SSSR count). The van der Waals surface area contributed by atoms with Crippen molar-refractivity contribution >= 4 is 28.0 Å². The van der Waals surface area contributed by atoms with Gasteiger partial charge in [-0.1, -0.05) is 28.1 Å². The largest absolute Gasteiger partial charge is 0.489 e. The van der Waals surface area contributed by atoms with E-state index in [9.17, 15) is 5.26 Å². The zero-order valence-electron chi connectivity index (χ0n) is 14.5. The molecule has 0 amide bonds. The van der Waals surface area contributed by atoms with E-state index >= 15 is 0 Å². The second kappa shape index (κ2) is 8.03. The summed E-state index contributed by atoms with van der Waals surface area (Å²) in [5.74, 6) is 1.84. The number of aryl methyl sites for hydroxylation is 1. The molecule has 2 aromatic carbocycles. The van der Waals surface area contributed by atoms with Crippen LogP contribution in [0.25, 0.3) is 0 Å². The van der Waals surface area contributed by atoms with Gasteiger partial charge >= 0.3 is 0 Å². The lowest BCUT2D eigenvalue weighted by Crippen LogP contribution is -1.95. The lowest BCUT2D eigenvalue weighted by atomic mass is 10.2. The van der Waals surface area contributed by atoms with Crippen molar-refractivity contribution in [2.75, 3.05) is 0 Å². The topological polar surface area (TPSA) is 58.5 Å². The molecule has 1 aromatic heterocycles. The minimum Gasteiger partial charge on any atom is -0.489 e. The number of hydrogen-bond donors (Lipinski definition) is 0. The summed E-state index contributed by atoms with van der Waals surface area (Å²) < 4.78 is 12.4. The first-order valence-electron chi connectivity index (χ1n) is 8.08. The van der Waals surface area contributed by atoms with Gasteiger partial charge in [0, 0.05) is 16.3 Å². The second-order valence-corrected chi connectivity index (χ2v) is 6.73. The summed E-state index contributed by atoms with van der Waals surface area (Å²) in [4.78, 5) is 4.30. The molecular formula is C21H17BrN2O2. The second-order valence-electron chi connectivity index (χ2n) is 5.82. The Hall–Kier alpha value is -2.84. The maximum atomic E-state index is 9.21. The minimum atomic E-state index is 0.345. The molecule has 5 heteroatoms. The normalized spacial score (nSPS) is 10.8. The summed E-state index contributed by atoms with van der Waals surface area (Å²) in [6.45, 7) is 4.19. The summed E-state index contributed by atoms with van der Waals surface area (Å²) in [7, 11) is 0. The Kier molecular flexibility index (Phi) is 5.55. The lowest BCUT2D eigenvalue weighted by Gasteiger charge is -2.06. The Morgan fingerprint density at radius 3 is 2.46 bits per heavy atom. The van der Waals surface area contributed by atoms with Gasteiger partial charge in [-0.3, -0.25) is 0 Å². The van der Waals surface area contributed by atoms with Crippen molar-refractivity contribution < 1.29 is 9.15 Å². The molecule has 0 saturated heterocycles. The van der Waals surface area contributed by atoms with Crippen molar-refractivity contribution in [3.63, 3.8) is 0 Å². The van der Waals surface area contributed by atoms with E-state index in [2.05, 4.69) is 27.0 Å². The van der Waals surface area contributed by atoms with Crippen LogP contribution in [0.5, 0.6) is 5.75 Å². The molecule has 0 spiro atoms. The van der Waals surface area contributed by atoms with Gasteiger partial charge in [0.05, 0.1) is 0 Å². The van der Waals surface area contributed by atoms with Crippen molar-refractivity contribution in [3.05, 3.63) is 81.0 Å². The minimum absolute atomic E-state index is 0.345. The van der Waals surface area contributed by atoms with Crippen molar-refractivity contribution in [1.82, 2.24) is 0 Å². The molecule has 26 heavy (non-hydrogen) atoms. The standard InChI is InChI=1S/C21H17BrN2O2/c1-14-15(2)26-21(20(14)11-23)24-12-16-5-9-19(10-6-16)25-13-17-3-7-18(22)8-4-17/h3-10,12H,13H2,1-2H3. The molecule has 0 atom stereocenters. The SMILES string of the molecule is Cc1oc(N=Cc2ccc(OCc3ccc(Br)cc3)cc2)c(C#N)c1C. The average molecular weight is 409 g/mol. The molecule has 0 aliphatic carbocycles. The van der Waals surface area contributed by atoms with Crippen LogP contribution in [0.15, 0.2) is 62.4 Å². The predicted octanol–water partition coefficient (Wildman–Crippen LogP) is 5.86. The molecule has 4 nitrogen and oxygen atoms in total. The van der Waals surface area contributed by atoms with E-state index in [4.69, 9.17) is 9.15 Å². The molecule has 0 N–H and O–H groups in total. The molecule has 3 aromatic rings. The highest BCUT2D eigenvalue weighted by Gasteiger charge is 2.12. The first-order valence-corrected chi connectivity index (χ1v) is 8.87. The van der Waals surface area contributed by atoms with E-state index in [-0.39, 0.29) is 0 Å². The third-order valence-corrected chi connectivity index (χ3v) is 4.54. The predicted molar refractivity (Wildman–Crippen MR) is 105 cm³/mol. The molecule has 0 fully saturated rings. The quantitative estimate of drug-likeness (QED) is 0.496. The van der Waals surface area contributed by atoms with Crippen LogP contribution in [0.4, 0.5) is 5.88 Å². The third kappa shape index (κ3) is 4.22. The number of nitriles is 1. The van der Waals surface area contributed by atoms with E-state index in [1.807, 2.05) is 62.4 Å². The Morgan fingerprint density at radius 2 is 1.81 bits per heavy atom. The van der Waals surface area contributed by atoms with Crippen LogP contribution in [0.1, 0.15) is 28.0 Å². The monoisotopic (exact) mass is 408 g/mol. The van der Waals surface area contributed by atoms with E-state index < -0.39 is 0 Å². The van der Waals surface area contributed by atoms with E-state index in [0.29, 0.717) is 23.8 Å². The van der Waals surface area contributed by atoms with Crippen molar-refractivity contribution in [2.24, 2.45) is 4.99 Å². The summed E-state index contributed by atoms with van der Waals surface area (Å²) >= 11 is 3.42.